The maximum absolute atomic E-state index is 14.1. The van der Waals surface area contributed by atoms with E-state index in [9.17, 15) is 26.7 Å². The number of rotatable bonds is 6. The molecule has 0 saturated heterocycles. The first-order valence-corrected chi connectivity index (χ1v) is 9.73. The van der Waals surface area contributed by atoms with Gasteiger partial charge in [0.1, 0.15) is 28.7 Å². The molecule has 0 aliphatic carbocycles. The molecule has 0 atom stereocenters. The van der Waals surface area contributed by atoms with Crippen molar-refractivity contribution in [2.75, 3.05) is 0 Å². The number of hydrogen-bond acceptors (Lipinski definition) is 5. The molecule has 2 N–H and O–H groups in total. The highest BCUT2D eigenvalue weighted by molar-refractivity contribution is 7.13. The van der Waals surface area contributed by atoms with E-state index in [1.165, 1.54) is 23.5 Å². The van der Waals surface area contributed by atoms with Gasteiger partial charge in [-0.25, -0.2) is 13.8 Å². The van der Waals surface area contributed by atoms with Crippen LogP contribution in [0.25, 0.3) is 10.6 Å². The summed E-state index contributed by atoms with van der Waals surface area (Å²) in [7, 11) is 0. The minimum absolute atomic E-state index is 0.188. The molecule has 0 aliphatic heterocycles. The molecule has 1 aromatic heterocycles. The van der Waals surface area contributed by atoms with Gasteiger partial charge in [0.05, 0.1) is 5.69 Å². The zero-order chi connectivity index (χ0) is 23.2. The van der Waals surface area contributed by atoms with Gasteiger partial charge in [0.2, 0.25) is 0 Å². The van der Waals surface area contributed by atoms with Gasteiger partial charge in [-0.15, -0.1) is 24.5 Å². The van der Waals surface area contributed by atoms with E-state index in [1.54, 1.807) is 5.38 Å². The fourth-order valence-electron chi connectivity index (χ4n) is 2.33. The Balaban J connectivity index is 0.00000166. The summed E-state index contributed by atoms with van der Waals surface area (Å²) in [6.45, 7) is 3.81. The Hall–Kier alpha value is -3.21. The number of hydrogen-bond donors (Lipinski definition) is 1. The molecular formula is C20H17F5N2O3S. The first kappa shape index (κ1) is 24.1. The number of amides is 1. The predicted octanol–water partition coefficient (Wildman–Crippen LogP) is 5.69. The summed E-state index contributed by atoms with van der Waals surface area (Å²) < 4.78 is 73.2. The van der Waals surface area contributed by atoms with Crippen LogP contribution in [0, 0.1) is 11.6 Å². The van der Waals surface area contributed by atoms with Gasteiger partial charge in [0, 0.05) is 10.9 Å². The number of aromatic nitrogens is 1. The topological polar surface area (TPSA) is 74.4 Å². The molecule has 0 aliphatic rings. The molecule has 31 heavy (non-hydrogen) atoms. The molecule has 0 spiro atoms. The van der Waals surface area contributed by atoms with Crippen LogP contribution in [-0.4, -0.2) is 17.3 Å². The summed E-state index contributed by atoms with van der Waals surface area (Å²) in [5, 5.41) is 2.09. The number of nitrogens with two attached hydrogens (primary N) is 1. The van der Waals surface area contributed by atoms with Gasteiger partial charge in [-0.3, -0.25) is 4.79 Å². The number of primary amides is 1. The number of nitrogens with zero attached hydrogens (tertiary/aromatic N) is 1. The molecular weight excluding hydrogens is 443 g/mol. The smallest absolute Gasteiger partial charge is 0.484 e. The van der Waals surface area contributed by atoms with Crippen molar-refractivity contribution >= 4 is 17.2 Å². The molecule has 3 aromatic rings. The third kappa shape index (κ3) is 6.38. The molecule has 2 aromatic carbocycles. The van der Waals surface area contributed by atoms with E-state index >= 15 is 0 Å². The van der Waals surface area contributed by atoms with Crippen molar-refractivity contribution in [3.8, 4) is 22.1 Å². The lowest BCUT2D eigenvalue weighted by Crippen LogP contribution is -2.16. The van der Waals surface area contributed by atoms with Crippen LogP contribution in [0.1, 0.15) is 29.9 Å². The van der Waals surface area contributed by atoms with Crippen LogP contribution in [0.5, 0.6) is 11.5 Å². The monoisotopic (exact) mass is 460 g/mol. The average molecular weight is 460 g/mol. The van der Waals surface area contributed by atoms with Crippen molar-refractivity contribution in [1.29, 1.82) is 0 Å². The second-order valence-corrected chi connectivity index (χ2v) is 6.46. The fraction of sp³-hybridized carbons (Fsp3) is 0.200. The first-order chi connectivity index (χ1) is 14.6. The van der Waals surface area contributed by atoms with Gasteiger partial charge < -0.3 is 15.2 Å². The fourth-order valence-corrected chi connectivity index (χ4v) is 3.14. The number of ether oxygens (including phenoxy) is 2. The van der Waals surface area contributed by atoms with Crippen molar-refractivity contribution in [3.05, 3.63) is 64.7 Å². The summed E-state index contributed by atoms with van der Waals surface area (Å²) >= 11 is 1.19. The Morgan fingerprint density at radius 1 is 1.10 bits per heavy atom. The summed E-state index contributed by atoms with van der Waals surface area (Å²) in [6.07, 6.45) is -4.78. The van der Waals surface area contributed by atoms with Crippen molar-refractivity contribution in [2.24, 2.45) is 5.73 Å². The molecule has 3 rings (SSSR count). The molecule has 0 saturated carbocycles. The second kappa shape index (κ2) is 10.2. The number of thiazole rings is 1. The first-order valence-electron chi connectivity index (χ1n) is 8.85. The number of alkyl halides is 3. The molecule has 5 nitrogen and oxygen atoms in total. The van der Waals surface area contributed by atoms with Gasteiger partial charge >= 0.3 is 6.36 Å². The highest BCUT2D eigenvalue weighted by Crippen LogP contribution is 2.29. The van der Waals surface area contributed by atoms with Crippen LogP contribution in [0.15, 0.2) is 41.8 Å². The Morgan fingerprint density at radius 2 is 1.74 bits per heavy atom. The number of benzene rings is 2. The number of halogens is 5. The van der Waals surface area contributed by atoms with E-state index in [-0.39, 0.29) is 18.1 Å². The molecule has 166 valence electrons. The Labute approximate surface area is 178 Å². The van der Waals surface area contributed by atoms with E-state index in [1.807, 2.05) is 13.8 Å². The summed E-state index contributed by atoms with van der Waals surface area (Å²) in [5.74, 6) is -4.31. The maximum Gasteiger partial charge on any atom is 0.573 e. The normalized spacial score (nSPS) is 10.8. The Bertz CT molecular complexity index is 1040. The predicted molar refractivity (Wildman–Crippen MR) is 105 cm³/mol. The Morgan fingerprint density at radius 3 is 2.32 bits per heavy atom. The van der Waals surface area contributed by atoms with E-state index in [0.717, 1.165) is 24.3 Å². The van der Waals surface area contributed by atoms with Crippen LogP contribution < -0.4 is 15.2 Å². The SMILES string of the molecule is CC.NC(=O)c1c(F)ccc(OCc2csc(-c3ccc(OC(F)(F)F)cc3)n2)c1F. The molecule has 0 unspecified atom stereocenters. The van der Waals surface area contributed by atoms with Gasteiger partial charge in [-0.2, -0.15) is 0 Å². The zero-order valence-electron chi connectivity index (χ0n) is 16.3. The lowest BCUT2D eigenvalue weighted by atomic mass is 10.1. The van der Waals surface area contributed by atoms with Crippen LogP contribution in [0.3, 0.4) is 0 Å². The largest absolute Gasteiger partial charge is 0.573 e. The van der Waals surface area contributed by atoms with Crippen molar-refractivity contribution in [2.45, 2.75) is 26.8 Å². The maximum atomic E-state index is 14.1. The molecule has 11 heteroatoms. The van der Waals surface area contributed by atoms with Crippen molar-refractivity contribution in [3.63, 3.8) is 0 Å². The quantitative estimate of drug-likeness (QED) is 0.480. The van der Waals surface area contributed by atoms with Crippen LogP contribution in [0.4, 0.5) is 22.0 Å². The third-order valence-corrected chi connectivity index (χ3v) is 4.50. The number of carbonyl (C=O) groups excluding carboxylic acids is 1. The highest BCUT2D eigenvalue weighted by Gasteiger charge is 2.31. The van der Waals surface area contributed by atoms with E-state index in [2.05, 4.69) is 9.72 Å². The molecule has 0 fully saturated rings. The molecule has 1 amide bonds. The lowest BCUT2D eigenvalue weighted by Gasteiger charge is -2.09. The number of carbonyl (C=O) groups is 1. The highest BCUT2D eigenvalue weighted by atomic mass is 32.1. The van der Waals surface area contributed by atoms with Gasteiger partial charge in [-0.05, 0) is 36.4 Å². The molecule has 1 heterocycles. The summed E-state index contributed by atoms with van der Waals surface area (Å²) in [4.78, 5) is 15.4. The van der Waals surface area contributed by atoms with Crippen LogP contribution in [-0.2, 0) is 6.61 Å². The minimum Gasteiger partial charge on any atom is -0.484 e. The third-order valence-electron chi connectivity index (χ3n) is 3.56. The van der Waals surface area contributed by atoms with E-state index in [0.29, 0.717) is 16.3 Å². The van der Waals surface area contributed by atoms with Gasteiger partial charge in [0.25, 0.3) is 5.91 Å². The Kier molecular flexibility index (Phi) is 7.92. The minimum atomic E-state index is -4.78. The van der Waals surface area contributed by atoms with E-state index < -0.39 is 29.5 Å². The summed E-state index contributed by atoms with van der Waals surface area (Å²) in [5.41, 5.74) is 4.98. The molecule has 0 bridgehead atoms. The van der Waals surface area contributed by atoms with E-state index in [4.69, 9.17) is 10.5 Å². The van der Waals surface area contributed by atoms with Crippen molar-refractivity contribution in [1.82, 2.24) is 4.98 Å². The lowest BCUT2D eigenvalue weighted by molar-refractivity contribution is -0.274. The van der Waals surface area contributed by atoms with Crippen LogP contribution >= 0.6 is 11.3 Å². The second-order valence-electron chi connectivity index (χ2n) is 5.60. The van der Waals surface area contributed by atoms with Crippen molar-refractivity contribution < 1.29 is 36.2 Å². The van der Waals surface area contributed by atoms with Gasteiger partial charge in [0.15, 0.2) is 11.6 Å². The average Bonchev–Trinajstić information content (AvgIpc) is 3.17. The zero-order valence-corrected chi connectivity index (χ0v) is 17.1. The van der Waals surface area contributed by atoms with Crippen LogP contribution in [0.2, 0.25) is 0 Å². The standard InChI is InChI=1S/C18H11F5N2O3S.C2H6/c19-12-5-6-13(15(20)14(12)16(24)26)27-7-10-8-29-17(25-10)9-1-3-11(4-2-9)28-18(21,22)23;1-2/h1-6,8H,7H2,(H2,24,26);1-2H3. The van der Waals surface area contributed by atoms with Gasteiger partial charge in [-0.1, -0.05) is 13.8 Å². The molecule has 0 radical (unpaired) electrons. The summed E-state index contributed by atoms with van der Waals surface area (Å²) in [6, 6.07) is 6.99.